The Kier molecular flexibility index (Phi) is 7.11. The van der Waals surface area contributed by atoms with Crippen molar-refractivity contribution < 1.29 is 5.11 Å². The monoisotopic (exact) mass is 156 g/mol. The highest BCUT2D eigenvalue weighted by Gasteiger charge is 2.03. The van der Waals surface area contributed by atoms with E-state index in [0.29, 0.717) is 12.5 Å². The lowest BCUT2D eigenvalue weighted by molar-refractivity contribution is 0.252. The summed E-state index contributed by atoms with van der Waals surface area (Å²) in [4.78, 5) is 0. The Hall–Kier alpha value is -0.590. The van der Waals surface area contributed by atoms with Crippen LogP contribution in [0.3, 0.4) is 0 Å². The van der Waals surface area contributed by atoms with Gasteiger partial charge in [-0.1, -0.05) is 13.3 Å². The molecule has 0 amide bonds. The molecule has 2 N–H and O–H groups in total. The average molecular weight is 156 g/mol. The van der Waals surface area contributed by atoms with Gasteiger partial charge in [0.25, 0.3) is 0 Å². The predicted molar refractivity (Wildman–Crippen MR) is 44.0 cm³/mol. The highest BCUT2D eigenvalue weighted by molar-refractivity contribution is 4.73. The van der Waals surface area contributed by atoms with E-state index >= 15 is 0 Å². The zero-order valence-corrected chi connectivity index (χ0v) is 7.01. The van der Waals surface area contributed by atoms with Crippen molar-refractivity contribution in [3.8, 4) is 6.07 Å². The first-order chi connectivity index (χ1) is 5.35. The number of nitrogens with one attached hydrogen (secondary N) is 1. The van der Waals surface area contributed by atoms with Crippen LogP contribution in [0.25, 0.3) is 0 Å². The van der Waals surface area contributed by atoms with E-state index in [9.17, 15) is 0 Å². The van der Waals surface area contributed by atoms with Gasteiger partial charge in [-0.15, -0.1) is 0 Å². The molecular formula is C8H16N2O. The summed E-state index contributed by atoms with van der Waals surface area (Å²) in [6.45, 7) is 3.58. The summed E-state index contributed by atoms with van der Waals surface area (Å²) in [7, 11) is 0. The van der Waals surface area contributed by atoms with Crippen LogP contribution >= 0.6 is 0 Å². The van der Waals surface area contributed by atoms with Gasteiger partial charge in [0.2, 0.25) is 0 Å². The second kappa shape index (κ2) is 7.52. The van der Waals surface area contributed by atoms with Crippen LogP contribution in [0, 0.1) is 17.2 Å². The Morgan fingerprint density at radius 1 is 1.64 bits per heavy atom. The molecule has 0 fully saturated rings. The van der Waals surface area contributed by atoms with Gasteiger partial charge in [-0.25, -0.2) is 0 Å². The maximum absolute atomic E-state index is 8.63. The van der Waals surface area contributed by atoms with Gasteiger partial charge in [0.05, 0.1) is 12.6 Å². The summed E-state index contributed by atoms with van der Waals surface area (Å²) in [5.41, 5.74) is 0. The first-order valence-corrected chi connectivity index (χ1v) is 4.03. The van der Waals surface area contributed by atoms with Crippen molar-refractivity contribution in [3.05, 3.63) is 0 Å². The lowest BCUT2D eigenvalue weighted by Gasteiger charge is -2.12. The van der Waals surface area contributed by atoms with Gasteiger partial charge >= 0.3 is 0 Å². The number of aliphatic hydroxyl groups excluding tert-OH is 1. The van der Waals surface area contributed by atoms with E-state index in [-0.39, 0.29) is 6.61 Å². The standard InChI is InChI=1S/C8H16N2O/c1-2-8(3-6-11)7-10-5-4-9/h8,10-11H,2-3,5-7H2,1H3. The Morgan fingerprint density at radius 3 is 2.82 bits per heavy atom. The minimum absolute atomic E-state index is 0.243. The first kappa shape index (κ1) is 10.4. The third-order valence-electron chi connectivity index (χ3n) is 1.75. The van der Waals surface area contributed by atoms with Crippen LogP contribution in [0.1, 0.15) is 19.8 Å². The fraction of sp³-hybridized carbons (Fsp3) is 0.875. The molecular weight excluding hydrogens is 140 g/mol. The average Bonchev–Trinajstić information content (AvgIpc) is 2.03. The third kappa shape index (κ3) is 5.84. The van der Waals surface area contributed by atoms with Crippen molar-refractivity contribution in [2.24, 2.45) is 5.92 Å². The van der Waals surface area contributed by atoms with Gasteiger partial charge in [-0.3, -0.25) is 0 Å². The quantitative estimate of drug-likeness (QED) is 0.435. The molecule has 0 spiro atoms. The molecule has 11 heavy (non-hydrogen) atoms. The molecule has 0 aromatic heterocycles. The molecule has 1 atom stereocenters. The molecule has 0 aromatic rings. The van der Waals surface area contributed by atoms with Gasteiger partial charge < -0.3 is 10.4 Å². The molecule has 0 saturated carbocycles. The van der Waals surface area contributed by atoms with E-state index in [1.807, 2.05) is 6.07 Å². The normalized spacial score (nSPS) is 12.5. The molecule has 0 heterocycles. The molecule has 0 rings (SSSR count). The van der Waals surface area contributed by atoms with Crippen LogP contribution in [-0.4, -0.2) is 24.8 Å². The fourth-order valence-electron chi connectivity index (χ4n) is 0.965. The molecule has 0 aliphatic carbocycles. The molecule has 3 nitrogen and oxygen atoms in total. The third-order valence-corrected chi connectivity index (χ3v) is 1.75. The number of nitrogens with zero attached hydrogens (tertiary/aromatic N) is 1. The Morgan fingerprint density at radius 2 is 2.36 bits per heavy atom. The van der Waals surface area contributed by atoms with Crippen molar-refractivity contribution in [2.75, 3.05) is 19.7 Å². The zero-order chi connectivity index (χ0) is 8.53. The van der Waals surface area contributed by atoms with Gasteiger partial charge in [0.1, 0.15) is 0 Å². The van der Waals surface area contributed by atoms with Gasteiger partial charge in [0, 0.05) is 6.61 Å². The summed E-state index contributed by atoms with van der Waals surface area (Å²) < 4.78 is 0. The summed E-state index contributed by atoms with van der Waals surface area (Å²) in [6.07, 6.45) is 1.88. The molecule has 0 aliphatic rings. The summed E-state index contributed by atoms with van der Waals surface area (Å²) in [5.74, 6) is 0.508. The Labute approximate surface area is 68.0 Å². The van der Waals surface area contributed by atoms with Gasteiger partial charge in [-0.05, 0) is 18.9 Å². The molecule has 0 aliphatic heterocycles. The van der Waals surface area contributed by atoms with Gasteiger partial charge in [0.15, 0.2) is 0 Å². The maximum atomic E-state index is 8.63. The Bertz CT molecular complexity index is 120. The number of hydrogen-bond acceptors (Lipinski definition) is 3. The lowest BCUT2D eigenvalue weighted by atomic mass is 10.0. The second-order valence-electron chi connectivity index (χ2n) is 2.58. The van der Waals surface area contributed by atoms with Crippen molar-refractivity contribution in [1.82, 2.24) is 5.32 Å². The van der Waals surface area contributed by atoms with E-state index in [2.05, 4.69) is 12.2 Å². The fourth-order valence-corrected chi connectivity index (χ4v) is 0.965. The van der Waals surface area contributed by atoms with Crippen LogP contribution in [-0.2, 0) is 0 Å². The second-order valence-corrected chi connectivity index (χ2v) is 2.58. The van der Waals surface area contributed by atoms with Crippen LogP contribution in [0.15, 0.2) is 0 Å². The molecule has 1 unspecified atom stereocenters. The zero-order valence-electron chi connectivity index (χ0n) is 7.01. The van der Waals surface area contributed by atoms with Crippen LogP contribution in [0.5, 0.6) is 0 Å². The smallest absolute Gasteiger partial charge is 0.0841 e. The summed E-state index contributed by atoms with van der Waals surface area (Å²) in [5, 5.41) is 19.9. The number of hydrogen-bond donors (Lipinski definition) is 2. The van der Waals surface area contributed by atoms with E-state index in [0.717, 1.165) is 19.4 Å². The van der Waals surface area contributed by atoms with Crippen LogP contribution < -0.4 is 5.32 Å². The number of rotatable bonds is 6. The predicted octanol–water partition coefficient (Wildman–Crippen LogP) is 0.508. The molecule has 3 heteroatoms. The van der Waals surface area contributed by atoms with Crippen molar-refractivity contribution in [1.29, 1.82) is 5.26 Å². The van der Waals surface area contributed by atoms with E-state index in [1.165, 1.54) is 0 Å². The van der Waals surface area contributed by atoms with E-state index in [1.54, 1.807) is 0 Å². The van der Waals surface area contributed by atoms with Crippen LogP contribution in [0.4, 0.5) is 0 Å². The highest BCUT2D eigenvalue weighted by atomic mass is 16.3. The Balaban J connectivity index is 3.29. The van der Waals surface area contributed by atoms with Gasteiger partial charge in [-0.2, -0.15) is 5.26 Å². The van der Waals surface area contributed by atoms with Crippen molar-refractivity contribution in [2.45, 2.75) is 19.8 Å². The summed E-state index contributed by atoms with van der Waals surface area (Å²) in [6, 6.07) is 2.02. The first-order valence-electron chi connectivity index (χ1n) is 4.03. The topological polar surface area (TPSA) is 56.0 Å². The molecule has 64 valence electrons. The molecule has 0 saturated heterocycles. The summed E-state index contributed by atoms with van der Waals surface area (Å²) >= 11 is 0. The van der Waals surface area contributed by atoms with Crippen molar-refractivity contribution >= 4 is 0 Å². The maximum Gasteiger partial charge on any atom is 0.0841 e. The minimum Gasteiger partial charge on any atom is -0.396 e. The minimum atomic E-state index is 0.243. The lowest BCUT2D eigenvalue weighted by Crippen LogP contribution is -2.23. The molecule has 0 bridgehead atoms. The van der Waals surface area contributed by atoms with E-state index in [4.69, 9.17) is 10.4 Å². The highest BCUT2D eigenvalue weighted by Crippen LogP contribution is 2.04. The largest absolute Gasteiger partial charge is 0.396 e. The van der Waals surface area contributed by atoms with Crippen molar-refractivity contribution in [3.63, 3.8) is 0 Å². The van der Waals surface area contributed by atoms with E-state index < -0.39 is 0 Å². The molecule has 0 aromatic carbocycles. The molecule has 0 radical (unpaired) electrons. The SMILES string of the molecule is CCC(CCO)CNCC#N. The number of nitriles is 1. The van der Waals surface area contributed by atoms with Crippen LogP contribution in [0.2, 0.25) is 0 Å². The number of aliphatic hydroxyl groups is 1.